The number of carbonyl (C=O) groups excluding carboxylic acids is 3. The lowest BCUT2D eigenvalue weighted by molar-refractivity contribution is -0.122. The van der Waals surface area contributed by atoms with Gasteiger partial charge in [0.25, 0.3) is 11.8 Å². The van der Waals surface area contributed by atoms with Crippen LogP contribution in [0.3, 0.4) is 0 Å². The molecule has 1 saturated heterocycles. The normalized spacial score (nSPS) is 14.8. The van der Waals surface area contributed by atoms with Crippen molar-refractivity contribution in [2.45, 2.75) is 13.5 Å². The summed E-state index contributed by atoms with van der Waals surface area (Å²) in [5, 5.41) is 2.52. The van der Waals surface area contributed by atoms with Gasteiger partial charge in [0.1, 0.15) is 18.0 Å². The van der Waals surface area contributed by atoms with E-state index < -0.39 is 23.7 Å². The highest BCUT2D eigenvalue weighted by atomic mass is 79.9. The van der Waals surface area contributed by atoms with Gasteiger partial charge in [-0.1, -0.05) is 35.9 Å². The topological polar surface area (TPSA) is 84.9 Å². The molecule has 0 spiro atoms. The zero-order valence-electron chi connectivity index (χ0n) is 19.1. The summed E-state index contributed by atoms with van der Waals surface area (Å²) in [4.78, 5) is 39.2. The van der Waals surface area contributed by atoms with Crippen molar-refractivity contribution >= 4 is 57.1 Å². The van der Waals surface area contributed by atoms with Crippen LogP contribution in [0.2, 0.25) is 5.02 Å². The van der Waals surface area contributed by atoms with Gasteiger partial charge in [-0.2, -0.15) is 0 Å². The van der Waals surface area contributed by atoms with E-state index in [0.717, 1.165) is 4.90 Å². The molecule has 4 amide bonds. The fourth-order valence-corrected chi connectivity index (χ4v) is 4.34. The highest BCUT2D eigenvalue weighted by Gasteiger charge is 2.37. The van der Waals surface area contributed by atoms with Gasteiger partial charge >= 0.3 is 6.03 Å². The minimum Gasteiger partial charge on any atom is -0.493 e. The number of methoxy groups -OCH3 is 1. The van der Waals surface area contributed by atoms with Gasteiger partial charge in [0, 0.05) is 10.6 Å². The molecule has 0 saturated carbocycles. The highest BCUT2D eigenvalue weighted by Crippen LogP contribution is 2.38. The second-order valence-electron chi connectivity index (χ2n) is 7.80. The molecule has 7 nitrogen and oxygen atoms in total. The molecule has 184 valence electrons. The van der Waals surface area contributed by atoms with E-state index in [1.54, 1.807) is 49.4 Å². The molecule has 0 radical (unpaired) electrons. The number of amides is 4. The van der Waals surface area contributed by atoms with E-state index >= 15 is 0 Å². The van der Waals surface area contributed by atoms with Crippen molar-refractivity contribution in [3.63, 3.8) is 0 Å². The number of nitrogens with zero attached hydrogens (tertiary/aromatic N) is 1. The van der Waals surface area contributed by atoms with Gasteiger partial charge in [0.15, 0.2) is 11.5 Å². The Morgan fingerprint density at radius 2 is 1.86 bits per heavy atom. The van der Waals surface area contributed by atoms with E-state index in [4.69, 9.17) is 21.1 Å². The van der Waals surface area contributed by atoms with Gasteiger partial charge in [0.05, 0.1) is 17.3 Å². The van der Waals surface area contributed by atoms with Crippen LogP contribution < -0.4 is 19.7 Å². The number of anilines is 1. The summed E-state index contributed by atoms with van der Waals surface area (Å²) in [5.41, 5.74) is 1.41. The van der Waals surface area contributed by atoms with Crippen LogP contribution in [-0.2, 0) is 16.2 Å². The Hall–Kier alpha value is -3.69. The summed E-state index contributed by atoms with van der Waals surface area (Å²) in [5.74, 6) is -1.44. The van der Waals surface area contributed by atoms with Crippen LogP contribution in [0.4, 0.5) is 14.9 Å². The second-order valence-corrected chi connectivity index (χ2v) is 9.09. The summed E-state index contributed by atoms with van der Waals surface area (Å²) in [6.07, 6.45) is 1.34. The van der Waals surface area contributed by atoms with E-state index in [0.29, 0.717) is 31.9 Å². The van der Waals surface area contributed by atoms with Crippen LogP contribution >= 0.6 is 27.5 Å². The Bertz CT molecular complexity index is 1430. The fourth-order valence-electron chi connectivity index (χ4n) is 3.59. The van der Waals surface area contributed by atoms with Crippen molar-refractivity contribution in [2.75, 3.05) is 12.0 Å². The van der Waals surface area contributed by atoms with Crippen molar-refractivity contribution in [3.05, 3.63) is 92.2 Å². The molecule has 36 heavy (non-hydrogen) atoms. The average molecular weight is 574 g/mol. The van der Waals surface area contributed by atoms with Crippen LogP contribution in [0, 0.1) is 12.7 Å². The van der Waals surface area contributed by atoms with E-state index in [-0.39, 0.29) is 23.6 Å². The number of benzene rings is 3. The van der Waals surface area contributed by atoms with Gasteiger partial charge < -0.3 is 9.47 Å². The highest BCUT2D eigenvalue weighted by molar-refractivity contribution is 9.10. The summed E-state index contributed by atoms with van der Waals surface area (Å²) in [7, 11) is 1.43. The summed E-state index contributed by atoms with van der Waals surface area (Å²) in [6.45, 7) is 1.67. The molecule has 0 atom stereocenters. The number of hydrogen-bond acceptors (Lipinski definition) is 5. The molecule has 1 aliphatic rings. The second kappa shape index (κ2) is 10.5. The molecule has 0 bridgehead atoms. The number of aryl methyl sites for hydroxylation is 1. The molecular weight excluding hydrogens is 555 g/mol. The van der Waals surface area contributed by atoms with E-state index in [9.17, 15) is 18.8 Å². The number of barbiturate groups is 1. The zero-order chi connectivity index (χ0) is 26.0. The van der Waals surface area contributed by atoms with Crippen molar-refractivity contribution in [3.8, 4) is 11.5 Å². The third kappa shape index (κ3) is 5.12. The number of nitrogens with one attached hydrogen (secondary N) is 1. The minimum absolute atomic E-state index is 0.0426. The molecule has 1 fully saturated rings. The number of rotatable bonds is 6. The minimum atomic E-state index is -0.872. The lowest BCUT2D eigenvalue weighted by atomic mass is 10.1. The Balaban J connectivity index is 1.67. The van der Waals surface area contributed by atoms with Crippen LogP contribution in [-0.4, -0.2) is 25.0 Å². The number of urea groups is 1. The predicted molar refractivity (Wildman–Crippen MR) is 137 cm³/mol. The molecule has 0 unspecified atom stereocenters. The predicted octanol–water partition coefficient (Wildman–Crippen LogP) is 5.80. The molecule has 4 rings (SSSR count). The first kappa shape index (κ1) is 25.4. The number of ether oxygens (including phenoxy) is 2. The molecule has 3 aromatic rings. The number of halogens is 3. The SMILES string of the molecule is COc1cc(/C=C2\C(=O)NC(=O)N(c3cc(Cl)ccc3C)C2=O)cc(Br)c1OCc1ccccc1F. The standard InChI is InChI=1S/C26H19BrClFN2O5/c1-14-7-8-17(28)12-21(14)31-25(33)18(24(32)30-26(31)34)9-15-10-19(27)23(22(11-15)35-2)36-13-16-5-3-4-6-20(16)29/h3-12H,13H2,1-2H3,(H,30,32,34)/b18-9+. The molecular formula is C26H19BrClFN2O5. The first-order valence-corrected chi connectivity index (χ1v) is 11.8. The number of hydrogen-bond donors (Lipinski definition) is 1. The van der Waals surface area contributed by atoms with Gasteiger partial charge in [0.2, 0.25) is 0 Å². The Kier molecular flexibility index (Phi) is 7.42. The third-order valence-electron chi connectivity index (χ3n) is 5.41. The Morgan fingerprint density at radius 1 is 1.11 bits per heavy atom. The molecule has 1 N–H and O–H groups in total. The summed E-state index contributed by atoms with van der Waals surface area (Å²) in [6, 6.07) is 13.3. The van der Waals surface area contributed by atoms with Crippen LogP contribution in [0.1, 0.15) is 16.7 Å². The summed E-state index contributed by atoms with van der Waals surface area (Å²) >= 11 is 9.47. The van der Waals surface area contributed by atoms with Crippen LogP contribution in [0.25, 0.3) is 6.08 Å². The first-order valence-electron chi connectivity index (χ1n) is 10.6. The monoisotopic (exact) mass is 572 g/mol. The maximum absolute atomic E-state index is 14.0. The van der Waals surface area contributed by atoms with E-state index in [1.165, 1.54) is 25.3 Å². The molecule has 0 aromatic heterocycles. The van der Waals surface area contributed by atoms with Crippen molar-refractivity contribution in [1.82, 2.24) is 5.32 Å². The molecule has 1 aliphatic heterocycles. The van der Waals surface area contributed by atoms with Crippen molar-refractivity contribution in [1.29, 1.82) is 0 Å². The maximum atomic E-state index is 14.0. The smallest absolute Gasteiger partial charge is 0.335 e. The lowest BCUT2D eigenvalue weighted by Crippen LogP contribution is -2.54. The Labute approximate surface area is 219 Å². The van der Waals surface area contributed by atoms with Gasteiger partial charge in [-0.25, -0.2) is 14.1 Å². The molecule has 0 aliphatic carbocycles. The van der Waals surface area contributed by atoms with Gasteiger partial charge in [-0.3, -0.25) is 14.9 Å². The molecule has 10 heteroatoms. The van der Waals surface area contributed by atoms with Crippen LogP contribution in [0.15, 0.2) is 64.6 Å². The Morgan fingerprint density at radius 3 is 2.58 bits per heavy atom. The third-order valence-corrected chi connectivity index (χ3v) is 6.23. The van der Waals surface area contributed by atoms with E-state index in [2.05, 4.69) is 21.2 Å². The fraction of sp³-hybridized carbons (Fsp3) is 0.115. The van der Waals surface area contributed by atoms with Crippen molar-refractivity contribution in [2.24, 2.45) is 0 Å². The quantitative estimate of drug-likeness (QED) is 0.297. The first-order chi connectivity index (χ1) is 17.2. The van der Waals surface area contributed by atoms with Gasteiger partial charge in [-0.15, -0.1) is 0 Å². The number of imide groups is 2. The maximum Gasteiger partial charge on any atom is 0.335 e. The average Bonchev–Trinajstić information content (AvgIpc) is 2.83. The largest absolute Gasteiger partial charge is 0.493 e. The number of carbonyl (C=O) groups is 3. The summed E-state index contributed by atoms with van der Waals surface area (Å²) < 4.78 is 25.6. The van der Waals surface area contributed by atoms with Gasteiger partial charge in [-0.05, 0) is 70.4 Å². The molecule has 1 heterocycles. The lowest BCUT2D eigenvalue weighted by Gasteiger charge is -2.27. The van der Waals surface area contributed by atoms with Crippen LogP contribution in [0.5, 0.6) is 11.5 Å². The van der Waals surface area contributed by atoms with E-state index in [1.807, 2.05) is 0 Å². The molecule has 3 aromatic carbocycles. The van der Waals surface area contributed by atoms with Crippen molar-refractivity contribution < 1.29 is 28.2 Å². The zero-order valence-corrected chi connectivity index (χ0v) is 21.4.